The topological polar surface area (TPSA) is 84.9 Å². The first-order valence-corrected chi connectivity index (χ1v) is 11.0. The number of para-hydroxylation sites is 1. The average Bonchev–Trinajstić information content (AvgIpc) is 2.83. The van der Waals surface area contributed by atoms with Gasteiger partial charge in [-0.2, -0.15) is 0 Å². The van der Waals surface area contributed by atoms with Gasteiger partial charge < -0.3 is 9.47 Å². The molecule has 0 spiro atoms. The molecule has 0 unspecified atom stereocenters. The van der Waals surface area contributed by atoms with Gasteiger partial charge in [0.25, 0.3) is 11.8 Å². The number of anilines is 1. The van der Waals surface area contributed by atoms with Gasteiger partial charge in [-0.15, -0.1) is 0 Å². The van der Waals surface area contributed by atoms with Crippen LogP contribution in [0.3, 0.4) is 0 Å². The van der Waals surface area contributed by atoms with E-state index in [9.17, 15) is 18.8 Å². The highest BCUT2D eigenvalue weighted by molar-refractivity contribution is 6.39. The van der Waals surface area contributed by atoms with Crippen LogP contribution in [-0.4, -0.2) is 25.0 Å². The second kappa shape index (κ2) is 10.2. The summed E-state index contributed by atoms with van der Waals surface area (Å²) in [5.41, 5.74) is 0.377. The Kier molecular flexibility index (Phi) is 7.04. The first kappa shape index (κ1) is 24.3. The zero-order valence-corrected chi connectivity index (χ0v) is 19.7. The number of nitrogens with zero attached hydrogens (tertiary/aromatic N) is 1. The van der Waals surface area contributed by atoms with Crippen LogP contribution in [0.5, 0.6) is 11.5 Å². The number of hydrogen-bond donors (Lipinski definition) is 1. The van der Waals surface area contributed by atoms with Crippen molar-refractivity contribution in [2.24, 2.45) is 0 Å². The zero-order chi connectivity index (χ0) is 25.1. The van der Waals surface area contributed by atoms with E-state index >= 15 is 0 Å². The average molecular weight is 515 g/mol. The predicted molar refractivity (Wildman–Crippen MR) is 129 cm³/mol. The van der Waals surface area contributed by atoms with Gasteiger partial charge >= 0.3 is 6.03 Å². The van der Waals surface area contributed by atoms with Crippen molar-refractivity contribution in [2.75, 3.05) is 12.0 Å². The number of methoxy groups -OCH3 is 1. The van der Waals surface area contributed by atoms with Gasteiger partial charge in [0.05, 0.1) is 17.8 Å². The van der Waals surface area contributed by atoms with E-state index in [0.717, 1.165) is 11.6 Å². The Balaban J connectivity index is 1.66. The molecule has 1 aliphatic heterocycles. The van der Waals surface area contributed by atoms with Gasteiger partial charge in [-0.25, -0.2) is 14.1 Å². The van der Waals surface area contributed by atoms with Crippen molar-refractivity contribution in [3.63, 3.8) is 0 Å². The molecule has 3 aromatic rings. The van der Waals surface area contributed by atoms with Crippen LogP contribution in [0.2, 0.25) is 10.0 Å². The molecular formula is C25H17Cl2FN2O5. The largest absolute Gasteiger partial charge is 0.493 e. The monoisotopic (exact) mass is 514 g/mol. The molecule has 7 nitrogen and oxygen atoms in total. The lowest BCUT2D eigenvalue weighted by atomic mass is 10.1. The quantitative estimate of drug-likeness (QED) is 0.352. The van der Waals surface area contributed by atoms with Crippen LogP contribution in [0.25, 0.3) is 6.08 Å². The third-order valence-electron chi connectivity index (χ3n) is 5.09. The Morgan fingerprint density at radius 2 is 1.71 bits per heavy atom. The van der Waals surface area contributed by atoms with Crippen molar-refractivity contribution in [1.29, 1.82) is 0 Å². The first-order chi connectivity index (χ1) is 16.8. The number of hydrogen-bond acceptors (Lipinski definition) is 5. The number of carbonyl (C=O) groups is 3. The van der Waals surface area contributed by atoms with Gasteiger partial charge in [0, 0.05) is 10.6 Å². The summed E-state index contributed by atoms with van der Waals surface area (Å²) < 4.78 is 25.4. The highest BCUT2D eigenvalue weighted by Crippen LogP contribution is 2.38. The van der Waals surface area contributed by atoms with Crippen molar-refractivity contribution in [2.45, 2.75) is 6.61 Å². The lowest BCUT2D eigenvalue weighted by Crippen LogP contribution is -2.54. The molecule has 1 fully saturated rings. The molecule has 35 heavy (non-hydrogen) atoms. The highest BCUT2D eigenvalue weighted by Gasteiger charge is 2.38. The maximum absolute atomic E-state index is 14.3. The Labute approximate surface area is 209 Å². The van der Waals surface area contributed by atoms with Crippen LogP contribution in [-0.2, 0) is 16.2 Å². The standard InChI is InChI=1S/C25H17Cl2FN2O5/c1-34-21-12-14(11-18(27)22(21)35-13-15-6-2-3-7-17(15)26)10-16-23(31)29-25(33)30(24(16)32)20-9-5-4-8-19(20)28/h2-12H,13H2,1H3,(H,29,31,33). The summed E-state index contributed by atoms with van der Waals surface area (Å²) in [6.07, 6.45) is 1.23. The van der Waals surface area contributed by atoms with Crippen molar-refractivity contribution in [3.8, 4) is 11.5 Å². The third-order valence-corrected chi connectivity index (χ3v) is 5.74. The van der Waals surface area contributed by atoms with E-state index in [2.05, 4.69) is 0 Å². The van der Waals surface area contributed by atoms with Gasteiger partial charge in [-0.1, -0.05) is 53.5 Å². The molecule has 1 N–H and O–H groups in total. The highest BCUT2D eigenvalue weighted by atomic mass is 35.5. The minimum atomic E-state index is -1.05. The summed E-state index contributed by atoms with van der Waals surface area (Å²) in [6.45, 7) is 0.122. The number of imide groups is 2. The molecular weight excluding hydrogens is 498 g/mol. The van der Waals surface area contributed by atoms with Crippen molar-refractivity contribution < 1.29 is 28.2 Å². The van der Waals surface area contributed by atoms with E-state index in [1.165, 1.54) is 43.5 Å². The first-order valence-electron chi connectivity index (χ1n) is 10.2. The molecule has 0 radical (unpaired) electrons. The Hall–Kier alpha value is -3.88. The molecule has 0 bridgehead atoms. The smallest absolute Gasteiger partial charge is 0.336 e. The van der Waals surface area contributed by atoms with Crippen molar-refractivity contribution >= 4 is 52.8 Å². The molecule has 0 aliphatic carbocycles. The molecule has 4 amide bonds. The molecule has 1 saturated heterocycles. The number of ether oxygens (including phenoxy) is 2. The number of amides is 4. The predicted octanol–water partition coefficient (Wildman–Crippen LogP) is 5.39. The van der Waals surface area contributed by atoms with Gasteiger partial charge in [0.1, 0.15) is 18.0 Å². The lowest BCUT2D eigenvalue weighted by Gasteiger charge is -2.26. The second-order valence-electron chi connectivity index (χ2n) is 7.32. The van der Waals surface area contributed by atoms with Crippen LogP contribution in [0, 0.1) is 5.82 Å². The normalized spacial score (nSPS) is 14.8. The van der Waals surface area contributed by atoms with E-state index < -0.39 is 29.2 Å². The fraction of sp³-hybridized carbons (Fsp3) is 0.0800. The molecule has 4 rings (SSSR count). The van der Waals surface area contributed by atoms with E-state index in [0.29, 0.717) is 15.5 Å². The van der Waals surface area contributed by atoms with Gasteiger partial charge in [0.2, 0.25) is 0 Å². The zero-order valence-electron chi connectivity index (χ0n) is 18.2. The summed E-state index contributed by atoms with van der Waals surface area (Å²) in [4.78, 5) is 38.3. The third kappa shape index (κ3) is 4.99. The summed E-state index contributed by atoms with van der Waals surface area (Å²) in [6, 6.07) is 14.3. The number of urea groups is 1. The fourth-order valence-electron chi connectivity index (χ4n) is 3.40. The Bertz CT molecular complexity index is 1380. The van der Waals surface area contributed by atoms with E-state index in [4.69, 9.17) is 32.7 Å². The van der Waals surface area contributed by atoms with Crippen LogP contribution in [0.1, 0.15) is 11.1 Å². The maximum Gasteiger partial charge on any atom is 0.336 e. The van der Waals surface area contributed by atoms with Crippen LogP contribution >= 0.6 is 23.2 Å². The molecule has 178 valence electrons. The summed E-state index contributed by atoms with van der Waals surface area (Å²) in [5.74, 6) is -2.24. The Morgan fingerprint density at radius 3 is 2.43 bits per heavy atom. The summed E-state index contributed by atoms with van der Waals surface area (Å²) >= 11 is 12.6. The van der Waals surface area contributed by atoms with Crippen molar-refractivity contribution in [1.82, 2.24) is 5.32 Å². The molecule has 1 heterocycles. The minimum Gasteiger partial charge on any atom is -0.493 e. The van der Waals surface area contributed by atoms with Crippen LogP contribution in [0.4, 0.5) is 14.9 Å². The number of barbiturate groups is 1. The van der Waals surface area contributed by atoms with Crippen LogP contribution in [0.15, 0.2) is 66.2 Å². The van der Waals surface area contributed by atoms with E-state index in [1.807, 2.05) is 11.4 Å². The van der Waals surface area contributed by atoms with E-state index in [1.54, 1.807) is 18.2 Å². The summed E-state index contributed by atoms with van der Waals surface area (Å²) in [7, 11) is 1.40. The van der Waals surface area contributed by atoms with Crippen molar-refractivity contribution in [3.05, 3.63) is 93.2 Å². The number of rotatable bonds is 6. The molecule has 0 saturated carbocycles. The lowest BCUT2D eigenvalue weighted by molar-refractivity contribution is -0.122. The summed E-state index contributed by atoms with van der Waals surface area (Å²) in [5, 5.41) is 2.72. The molecule has 10 heteroatoms. The number of nitrogens with one attached hydrogen (secondary N) is 1. The maximum atomic E-state index is 14.3. The molecule has 1 aliphatic rings. The molecule has 0 aromatic heterocycles. The molecule has 0 atom stereocenters. The molecule has 3 aromatic carbocycles. The second-order valence-corrected chi connectivity index (χ2v) is 8.14. The Morgan fingerprint density at radius 1 is 1.00 bits per heavy atom. The van der Waals surface area contributed by atoms with E-state index in [-0.39, 0.29) is 28.8 Å². The van der Waals surface area contributed by atoms with Gasteiger partial charge in [-0.3, -0.25) is 14.9 Å². The fourth-order valence-corrected chi connectivity index (χ4v) is 3.87. The van der Waals surface area contributed by atoms with Gasteiger partial charge in [0.15, 0.2) is 11.5 Å². The van der Waals surface area contributed by atoms with Crippen LogP contribution < -0.4 is 19.7 Å². The van der Waals surface area contributed by atoms with Gasteiger partial charge in [-0.05, 0) is 42.0 Å². The number of benzene rings is 3. The number of carbonyl (C=O) groups excluding carboxylic acids is 3. The minimum absolute atomic E-state index is 0.122. The SMILES string of the molecule is COc1cc(C=C2C(=O)NC(=O)N(c3ccccc3F)C2=O)cc(Cl)c1OCc1ccccc1Cl. The number of halogens is 3.